The molecule has 0 fully saturated rings. The predicted molar refractivity (Wildman–Crippen MR) is 123 cm³/mol. The summed E-state index contributed by atoms with van der Waals surface area (Å²) in [7, 11) is 2.03. The molecule has 0 saturated carbocycles. The van der Waals surface area contributed by atoms with Gasteiger partial charge in [-0.2, -0.15) is 0 Å². The number of rotatable bonds is 8. The molecule has 5 nitrogen and oxygen atoms in total. The molecule has 0 bridgehead atoms. The van der Waals surface area contributed by atoms with Crippen LogP contribution in [-0.4, -0.2) is 43.4 Å². The number of hydrogen-bond donors (Lipinski definition) is 2. The minimum Gasteiger partial charge on any atom is -0.357 e. The van der Waals surface area contributed by atoms with E-state index in [-0.39, 0.29) is 29.9 Å². The summed E-state index contributed by atoms with van der Waals surface area (Å²) in [6, 6.07) is 19.6. The maximum atomic E-state index is 12.0. The van der Waals surface area contributed by atoms with Crippen molar-refractivity contribution in [2.45, 2.75) is 19.9 Å². The first-order valence-electron chi connectivity index (χ1n) is 9.07. The lowest BCUT2D eigenvalue weighted by molar-refractivity contribution is 0.0953. The van der Waals surface area contributed by atoms with Gasteiger partial charge >= 0.3 is 0 Å². The molecule has 0 atom stereocenters. The van der Waals surface area contributed by atoms with Crippen LogP contribution in [0.3, 0.4) is 0 Å². The number of hydrogen-bond acceptors (Lipinski definition) is 2. The van der Waals surface area contributed by atoms with Gasteiger partial charge in [-0.25, -0.2) is 0 Å². The Hall–Kier alpha value is -2.09. The summed E-state index contributed by atoms with van der Waals surface area (Å²) < 4.78 is 0. The van der Waals surface area contributed by atoms with Gasteiger partial charge in [0.05, 0.1) is 0 Å². The zero-order chi connectivity index (χ0) is 18.6. The molecule has 1 amide bonds. The monoisotopic (exact) mass is 480 g/mol. The minimum absolute atomic E-state index is 0. The van der Waals surface area contributed by atoms with Crippen molar-refractivity contribution in [2.75, 3.05) is 26.7 Å². The number of guanidine groups is 1. The van der Waals surface area contributed by atoms with Crippen LogP contribution in [0.5, 0.6) is 0 Å². The third-order valence-corrected chi connectivity index (χ3v) is 3.88. The molecule has 0 heterocycles. The van der Waals surface area contributed by atoms with E-state index in [1.165, 1.54) is 5.56 Å². The lowest BCUT2D eigenvalue weighted by Gasteiger charge is -2.22. The highest BCUT2D eigenvalue weighted by Crippen LogP contribution is 2.03. The van der Waals surface area contributed by atoms with E-state index in [1.54, 1.807) is 0 Å². The zero-order valence-electron chi connectivity index (χ0n) is 16.0. The van der Waals surface area contributed by atoms with Crippen LogP contribution in [0.1, 0.15) is 29.3 Å². The van der Waals surface area contributed by atoms with Crippen LogP contribution >= 0.6 is 24.0 Å². The normalized spacial score (nSPS) is 10.7. The summed E-state index contributed by atoms with van der Waals surface area (Å²) in [4.78, 5) is 18.8. The van der Waals surface area contributed by atoms with Gasteiger partial charge < -0.3 is 15.5 Å². The molecule has 0 spiro atoms. The lowest BCUT2D eigenvalue weighted by atomic mass is 10.2. The molecule has 0 aliphatic heterocycles. The van der Waals surface area contributed by atoms with Gasteiger partial charge in [0.2, 0.25) is 0 Å². The van der Waals surface area contributed by atoms with Crippen LogP contribution in [-0.2, 0) is 6.54 Å². The first kappa shape index (κ1) is 23.0. The number of nitrogens with zero attached hydrogens (tertiary/aromatic N) is 2. The van der Waals surface area contributed by atoms with E-state index < -0.39 is 0 Å². The third kappa shape index (κ3) is 8.43. The highest BCUT2D eigenvalue weighted by Gasteiger charge is 2.06. The standard InChI is InChI=1S/C21H28N4O.HI/c1-3-22-21(25(2)17-18-11-6-4-7-12-18)24-16-10-15-23-20(26)19-13-8-5-9-14-19;/h4-9,11-14H,3,10,15-17H2,1-2H3,(H,22,24)(H,23,26);1H. The molecule has 2 rings (SSSR count). The molecular weight excluding hydrogens is 451 g/mol. The van der Waals surface area contributed by atoms with E-state index in [2.05, 4.69) is 39.6 Å². The molecule has 2 N–H and O–H groups in total. The van der Waals surface area contributed by atoms with E-state index in [9.17, 15) is 4.79 Å². The molecular formula is C21H29IN4O. The van der Waals surface area contributed by atoms with Crippen molar-refractivity contribution in [3.05, 3.63) is 71.8 Å². The number of nitrogens with one attached hydrogen (secondary N) is 2. The maximum absolute atomic E-state index is 12.0. The van der Waals surface area contributed by atoms with E-state index in [4.69, 9.17) is 0 Å². The quantitative estimate of drug-likeness (QED) is 0.263. The fourth-order valence-electron chi connectivity index (χ4n) is 2.56. The Labute approximate surface area is 179 Å². The van der Waals surface area contributed by atoms with Gasteiger partial charge in [0.15, 0.2) is 5.96 Å². The highest BCUT2D eigenvalue weighted by atomic mass is 127. The molecule has 0 radical (unpaired) electrons. The number of carbonyl (C=O) groups is 1. The van der Waals surface area contributed by atoms with Crippen molar-refractivity contribution < 1.29 is 4.79 Å². The molecule has 27 heavy (non-hydrogen) atoms. The SMILES string of the molecule is CCNC(=NCCCNC(=O)c1ccccc1)N(C)Cc1ccccc1.I. The largest absolute Gasteiger partial charge is 0.357 e. The van der Waals surface area contributed by atoms with Crippen molar-refractivity contribution in [1.82, 2.24) is 15.5 Å². The van der Waals surface area contributed by atoms with Crippen LogP contribution in [0.15, 0.2) is 65.7 Å². The van der Waals surface area contributed by atoms with Crippen LogP contribution in [0.25, 0.3) is 0 Å². The van der Waals surface area contributed by atoms with E-state index in [0.717, 1.165) is 25.5 Å². The Morgan fingerprint density at radius 1 is 1.00 bits per heavy atom. The summed E-state index contributed by atoms with van der Waals surface area (Å²) in [5.74, 6) is 0.841. The van der Waals surface area contributed by atoms with Crippen molar-refractivity contribution in [3.63, 3.8) is 0 Å². The molecule has 2 aromatic rings. The molecule has 0 aliphatic rings. The van der Waals surface area contributed by atoms with E-state index in [0.29, 0.717) is 18.7 Å². The predicted octanol–water partition coefficient (Wildman–Crippen LogP) is 3.52. The fraction of sp³-hybridized carbons (Fsp3) is 0.333. The molecule has 2 aromatic carbocycles. The first-order valence-corrected chi connectivity index (χ1v) is 9.07. The number of carbonyl (C=O) groups excluding carboxylic acids is 1. The topological polar surface area (TPSA) is 56.7 Å². The molecule has 0 unspecified atom stereocenters. The Morgan fingerprint density at radius 2 is 1.63 bits per heavy atom. The summed E-state index contributed by atoms with van der Waals surface area (Å²) in [5.41, 5.74) is 1.93. The molecule has 146 valence electrons. The Morgan fingerprint density at radius 3 is 2.26 bits per heavy atom. The van der Waals surface area contributed by atoms with Crippen LogP contribution in [0.4, 0.5) is 0 Å². The Bertz CT molecular complexity index is 692. The third-order valence-electron chi connectivity index (χ3n) is 3.88. The second-order valence-corrected chi connectivity index (χ2v) is 6.05. The zero-order valence-corrected chi connectivity index (χ0v) is 18.4. The van der Waals surface area contributed by atoms with Crippen LogP contribution < -0.4 is 10.6 Å². The summed E-state index contributed by atoms with van der Waals surface area (Å²) in [6.45, 7) is 4.96. The van der Waals surface area contributed by atoms with Gasteiger partial charge in [-0.1, -0.05) is 48.5 Å². The molecule has 0 saturated heterocycles. The number of aliphatic imine (C=N–C) groups is 1. The first-order chi connectivity index (χ1) is 12.7. The lowest BCUT2D eigenvalue weighted by Crippen LogP contribution is -2.38. The van der Waals surface area contributed by atoms with E-state index in [1.807, 2.05) is 55.6 Å². The van der Waals surface area contributed by atoms with Gasteiger partial charge in [-0.05, 0) is 31.0 Å². The average Bonchev–Trinajstić information content (AvgIpc) is 2.68. The molecule has 0 aliphatic carbocycles. The second-order valence-electron chi connectivity index (χ2n) is 6.05. The van der Waals surface area contributed by atoms with Crippen LogP contribution in [0, 0.1) is 0 Å². The fourth-order valence-corrected chi connectivity index (χ4v) is 2.56. The van der Waals surface area contributed by atoms with Gasteiger partial charge in [0.25, 0.3) is 5.91 Å². The summed E-state index contributed by atoms with van der Waals surface area (Å²) in [6.07, 6.45) is 0.798. The Balaban J connectivity index is 0.00000364. The van der Waals surface area contributed by atoms with E-state index >= 15 is 0 Å². The Kier molecular flexibility index (Phi) is 11.2. The van der Waals surface area contributed by atoms with Gasteiger partial charge in [-0.3, -0.25) is 9.79 Å². The van der Waals surface area contributed by atoms with Gasteiger partial charge in [0.1, 0.15) is 0 Å². The van der Waals surface area contributed by atoms with Gasteiger partial charge in [-0.15, -0.1) is 24.0 Å². The van der Waals surface area contributed by atoms with Crippen LogP contribution in [0.2, 0.25) is 0 Å². The van der Waals surface area contributed by atoms with Crippen molar-refractivity contribution in [2.24, 2.45) is 4.99 Å². The van der Waals surface area contributed by atoms with Crippen molar-refractivity contribution in [3.8, 4) is 0 Å². The van der Waals surface area contributed by atoms with Gasteiger partial charge in [0, 0.05) is 38.8 Å². The number of benzene rings is 2. The maximum Gasteiger partial charge on any atom is 0.251 e. The second kappa shape index (κ2) is 13.1. The minimum atomic E-state index is -0.0392. The average molecular weight is 480 g/mol. The number of amides is 1. The molecule has 0 aromatic heterocycles. The molecule has 6 heteroatoms. The van der Waals surface area contributed by atoms with Crippen molar-refractivity contribution in [1.29, 1.82) is 0 Å². The summed E-state index contributed by atoms with van der Waals surface area (Å²) >= 11 is 0. The smallest absolute Gasteiger partial charge is 0.251 e. The van der Waals surface area contributed by atoms with Crippen molar-refractivity contribution >= 4 is 35.8 Å². The number of halogens is 1. The summed E-state index contributed by atoms with van der Waals surface area (Å²) in [5, 5.41) is 6.25. The highest BCUT2D eigenvalue weighted by molar-refractivity contribution is 14.0.